The number of aromatic nitrogens is 3. The molecule has 0 saturated heterocycles. The van der Waals surface area contributed by atoms with Crippen LogP contribution in [-0.2, 0) is 6.42 Å². The maximum atomic E-state index is 11.6. The van der Waals surface area contributed by atoms with Gasteiger partial charge in [-0.25, -0.2) is 4.98 Å². The van der Waals surface area contributed by atoms with Gasteiger partial charge >= 0.3 is 6.18 Å². The summed E-state index contributed by atoms with van der Waals surface area (Å²) in [6.07, 6.45) is -3.19. The van der Waals surface area contributed by atoms with Crippen molar-refractivity contribution in [1.29, 1.82) is 0 Å². The van der Waals surface area contributed by atoms with Gasteiger partial charge in [-0.2, -0.15) is 18.3 Å². The van der Waals surface area contributed by atoms with Crippen molar-refractivity contribution in [1.82, 2.24) is 15.2 Å². The summed E-state index contributed by atoms with van der Waals surface area (Å²) >= 11 is 0. The van der Waals surface area contributed by atoms with Gasteiger partial charge in [-0.1, -0.05) is 0 Å². The highest BCUT2D eigenvalue weighted by molar-refractivity contribution is 4.92. The van der Waals surface area contributed by atoms with Crippen LogP contribution < -0.4 is 0 Å². The molecule has 1 aromatic heterocycles. The van der Waals surface area contributed by atoms with Gasteiger partial charge in [0.15, 0.2) is 0 Å². The summed E-state index contributed by atoms with van der Waals surface area (Å²) in [4.78, 5) is 3.40. The first kappa shape index (κ1) is 7.90. The molecule has 1 heterocycles. The van der Waals surface area contributed by atoms with Gasteiger partial charge in [-0.3, -0.25) is 0 Å². The Labute approximate surface area is 60.3 Å². The summed E-state index contributed by atoms with van der Waals surface area (Å²) in [5.74, 6) is 0. The lowest BCUT2D eigenvalue weighted by atomic mass is 10.3. The molecule has 0 atom stereocenters. The average Bonchev–Trinajstić information content (AvgIpc) is 1.85. The predicted molar refractivity (Wildman–Crippen MR) is 29.6 cm³/mol. The zero-order chi connectivity index (χ0) is 8.32. The fourth-order valence-corrected chi connectivity index (χ4v) is 0.561. The van der Waals surface area contributed by atoms with E-state index in [2.05, 4.69) is 15.2 Å². The number of rotatable bonds is 1. The lowest BCUT2D eigenvalue weighted by Gasteiger charge is -2.02. The van der Waals surface area contributed by atoms with Crippen molar-refractivity contribution in [2.75, 3.05) is 0 Å². The predicted octanol–water partition coefficient (Wildman–Crippen LogP) is 0.976. The quantitative estimate of drug-likeness (QED) is 0.619. The Morgan fingerprint density at radius 3 is 2.55 bits per heavy atom. The molecule has 0 N–H and O–H groups in total. The normalized spacial score (nSPS) is 11.5. The van der Waals surface area contributed by atoms with Gasteiger partial charge in [0.05, 0.1) is 18.3 Å². The van der Waals surface area contributed by atoms with Crippen LogP contribution in [0.3, 0.4) is 0 Å². The van der Waals surface area contributed by atoms with Crippen molar-refractivity contribution in [2.45, 2.75) is 12.6 Å². The summed E-state index contributed by atoms with van der Waals surface area (Å²) < 4.78 is 34.9. The lowest BCUT2D eigenvalue weighted by molar-refractivity contribution is -0.128. The van der Waals surface area contributed by atoms with E-state index in [0.29, 0.717) is 0 Å². The van der Waals surface area contributed by atoms with Crippen molar-refractivity contribution >= 4 is 0 Å². The lowest BCUT2D eigenvalue weighted by Crippen LogP contribution is -2.13. The first-order valence-electron chi connectivity index (χ1n) is 2.76. The Kier molecular flexibility index (Phi) is 2.02. The molecule has 0 radical (unpaired) electrons. The van der Waals surface area contributed by atoms with Crippen molar-refractivity contribution < 1.29 is 13.2 Å². The summed E-state index contributed by atoms with van der Waals surface area (Å²) in [6.45, 7) is 0. The van der Waals surface area contributed by atoms with E-state index < -0.39 is 12.6 Å². The molecule has 0 aliphatic heterocycles. The Balaban J connectivity index is 2.66. The minimum absolute atomic E-state index is 0.167. The highest BCUT2D eigenvalue weighted by atomic mass is 19.4. The van der Waals surface area contributed by atoms with Crippen molar-refractivity contribution in [3.05, 3.63) is 18.2 Å². The second kappa shape index (κ2) is 2.81. The number of alkyl halides is 3. The van der Waals surface area contributed by atoms with Crippen LogP contribution in [0.25, 0.3) is 0 Å². The minimum atomic E-state index is -4.24. The van der Waals surface area contributed by atoms with E-state index in [1.807, 2.05) is 0 Å². The number of hydrogen-bond acceptors (Lipinski definition) is 3. The van der Waals surface area contributed by atoms with Gasteiger partial charge in [0.1, 0.15) is 6.33 Å². The molecule has 0 aliphatic carbocycles. The van der Waals surface area contributed by atoms with Crippen LogP contribution in [0.5, 0.6) is 0 Å². The smallest absolute Gasteiger partial charge is 0.241 e. The topological polar surface area (TPSA) is 38.7 Å². The molecule has 0 amide bonds. The molecule has 0 spiro atoms. The summed E-state index contributed by atoms with van der Waals surface area (Å²) in [6, 6.07) is 0. The summed E-state index contributed by atoms with van der Waals surface area (Å²) in [5.41, 5.74) is -0.167. The third kappa shape index (κ3) is 2.92. The van der Waals surface area contributed by atoms with E-state index in [4.69, 9.17) is 0 Å². The van der Waals surface area contributed by atoms with Gasteiger partial charge in [0.25, 0.3) is 0 Å². The summed E-state index contributed by atoms with van der Waals surface area (Å²) in [5, 5.41) is 6.44. The maximum absolute atomic E-state index is 11.6. The first-order valence-corrected chi connectivity index (χ1v) is 2.76. The number of hydrogen-bond donors (Lipinski definition) is 0. The molecular formula is C5H4F3N3. The molecule has 0 saturated carbocycles. The largest absolute Gasteiger partial charge is 0.394 e. The Morgan fingerprint density at radius 1 is 1.36 bits per heavy atom. The second-order valence-electron chi connectivity index (χ2n) is 1.89. The monoisotopic (exact) mass is 163 g/mol. The van der Waals surface area contributed by atoms with Gasteiger partial charge in [-0.15, -0.1) is 5.10 Å². The zero-order valence-corrected chi connectivity index (χ0v) is 5.34. The molecular weight excluding hydrogens is 159 g/mol. The Morgan fingerprint density at radius 2 is 2.09 bits per heavy atom. The molecule has 0 aromatic carbocycles. The van der Waals surface area contributed by atoms with Crippen LogP contribution in [0.15, 0.2) is 12.5 Å². The molecule has 6 heteroatoms. The molecule has 60 valence electrons. The minimum Gasteiger partial charge on any atom is -0.241 e. The number of nitrogens with zero attached hydrogens (tertiary/aromatic N) is 3. The van der Waals surface area contributed by atoms with E-state index >= 15 is 0 Å². The van der Waals surface area contributed by atoms with Crippen LogP contribution >= 0.6 is 0 Å². The molecule has 0 unspecified atom stereocenters. The molecule has 0 fully saturated rings. The SMILES string of the molecule is FC(F)(F)Cc1cncnn1. The van der Waals surface area contributed by atoms with Gasteiger partial charge in [0, 0.05) is 0 Å². The van der Waals surface area contributed by atoms with E-state index in [1.165, 1.54) is 0 Å². The zero-order valence-electron chi connectivity index (χ0n) is 5.34. The van der Waals surface area contributed by atoms with E-state index in [-0.39, 0.29) is 5.69 Å². The maximum Gasteiger partial charge on any atom is 0.394 e. The van der Waals surface area contributed by atoms with Crippen LogP contribution in [-0.4, -0.2) is 21.4 Å². The van der Waals surface area contributed by atoms with E-state index in [0.717, 1.165) is 12.5 Å². The third-order valence-electron chi connectivity index (χ3n) is 0.910. The van der Waals surface area contributed by atoms with Crippen LogP contribution in [0.4, 0.5) is 13.2 Å². The van der Waals surface area contributed by atoms with E-state index in [9.17, 15) is 13.2 Å². The Bertz CT molecular complexity index is 220. The number of halogens is 3. The first-order chi connectivity index (χ1) is 5.08. The molecule has 0 bridgehead atoms. The average molecular weight is 163 g/mol. The third-order valence-corrected chi connectivity index (χ3v) is 0.910. The van der Waals surface area contributed by atoms with Gasteiger partial charge < -0.3 is 0 Å². The molecule has 3 nitrogen and oxygen atoms in total. The van der Waals surface area contributed by atoms with Crippen molar-refractivity contribution in [3.8, 4) is 0 Å². The molecule has 11 heavy (non-hydrogen) atoms. The second-order valence-corrected chi connectivity index (χ2v) is 1.89. The fraction of sp³-hybridized carbons (Fsp3) is 0.400. The van der Waals surface area contributed by atoms with Gasteiger partial charge in [0.2, 0.25) is 0 Å². The highest BCUT2D eigenvalue weighted by Gasteiger charge is 2.28. The van der Waals surface area contributed by atoms with Gasteiger partial charge in [-0.05, 0) is 0 Å². The standard InChI is InChI=1S/C5H4F3N3/c6-5(7,8)1-4-2-9-3-10-11-4/h2-3H,1H2. The van der Waals surface area contributed by atoms with Crippen LogP contribution in [0.2, 0.25) is 0 Å². The highest BCUT2D eigenvalue weighted by Crippen LogP contribution is 2.18. The van der Waals surface area contributed by atoms with Crippen LogP contribution in [0.1, 0.15) is 5.69 Å². The van der Waals surface area contributed by atoms with E-state index in [1.54, 1.807) is 0 Å². The van der Waals surface area contributed by atoms with Crippen LogP contribution in [0, 0.1) is 0 Å². The molecule has 1 rings (SSSR count). The summed E-state index contributed by atoms with van der Waals surface area (Å²) in [7, 11) is 0. The van der Waals surface area contributed by atoms with Crippen molar-refractivity contribution in [2.24, 2.45) is 0 Å². The molecule has 0 aliphatic rings. The molecule has 1 aromatic rings. The Hall–Kier alpha value is -1.20. The van der Waals surface area contributed by atoms with Crippen molar-refractivity contribution in [3.63, 3.8) is 0 Å². The fourth-order valence-electron chi connectivity index (χ4n) is 0.561.